The Kier molecular flexibility index (Phi) is 3.67. The van der Waals surface area contributed by atoms with Crippen molar-refractivity contribution in [2.45, 2.75) is 17.9 Å². The van der Waals surface area contributed by atoms with Gasteiger partial charge < -0.3 is 20.1 Å². The Morgan fingerprint density at radius 2 is 2.04 bits per heavy atom. The number of fused-ring (bicyclic) bond motifs is 1. The van der Waals surface area contributed by atoms with E-state index in [0.717, 1.165) is 17.0 Å². The number of amides is 1. The zero-order valence-electron chi connectivity index (χ0n) is 12.4. The maximum Gasteiger partial charge on any atom is 0.352 e. The lowest BCUT2D eigenvalue weighted by Gasteiger charge is -2.53. The fraction of sp³-hybridized carbons (Fsp3) is 0.267. The van der Waals surface area contributed by atoms with Crippen LogP contribution in [0.3, 0.4) is 0 Å². The molecular formula is C15H13NO7S. The van der Waals surface area contributed by atoms with Crippen molar-refractivity contribution in [3.8, 4) is 11.5 Å². The van der Waals surface area contributed by atoms with Crippen LogP contribution in [0, 0.1) is 0 Å². The number of rotatable bonds is 3. The van der Waals surface area contributed by atoms with Crippen molar-refractivity contribution in [2.24, 2.45) is 0 Å². The highest BCUT2D eigenvalue weighted by Crippen LogP contribution is 2.46. The predicted octanol–water partition coefficient (Wildman–Crippen LogP) is 0.897. The van der Waals surface area contributed by atoms with E-state index in [1.807, 2.05) is 0 Å². The van der Waals surface area contributed by atoms with Crippen molar-refractivity contribution in [3.63, 3.8) is 0 Å². The van der Waals surface area contributed by atoms with Gasteiger partial charge in [-0.25, -0.2) is 9.59 Å². The average Bonchev–Trinajstić information content (AvgIpc) is 2.55. The summed E-state index contributed by atoms with van der Waals surface area (Å²) in [5, 5.41) is 27.2. The minimum absolute atomic E-state index is 0.0346. The van der Waals surface area contributed by atoms with Crippen molar-refractivity contribution >= 4 is 29.6 Å². The summed E-state index contributed by atoms with van der Waals surface area (Å²) in [4.78, 5) is 36.9. The third-order valence-corrected chi connectivity index (χ3v) is 5.21. The van der Waals surface area contributed by atoms with Gasteiger partial charge in [0.25, 0.3) is 5.91 Å². The minimum atomic E-state index is -1.50. The number of thioether (sulfide) groups is 1. The van der Waals surface area contributed by atoms with E-state index in [0.29, 0.717) is 5.75 Å². The summed E-state index contributed by atoms with van der Waals surface area (Å²) in [6.45, 7) is 1.42. The summed E-state index contributed by atoms with van der Waals surface area (Å²) < 4.78 is 5.30. The third-order valence-electron chi connectivity index (χ3n) is 3.87. The van der Waals surface area contributed by atoms with Gasteiger partial charge >= 0.3 is 11.9 Å². The maximum absolute atomic E-state index is 12.4. The van der Waals surface area contributed by atoms with Crippen molar-refractivity contribution in [2.75, 3.05) is 5.75 Å². The number of β-lactam (4-membered cyclic amide) rings is 1. The Bertz CT molecular complexity index is 790. The first-order chi connectivity index (χ1) is 11.3. The second kappa shape index (κ2) is 5.45. The monoisotopic (exact) mass is 351 g/mol. The van der Waals surface area contributed by atoms with E-state index in [9.17, 15) is 24.6 Å². The van der Waals surface area contributed by atoms with Crippen LogP contribution in [-0.4, -0.2) is 54.8 Å². The molecule has 1 saturated heterocycles. The number of carboxylic acid groups (broad SMARTS) is 1. The van der Waals surface area contributed by atoms with Gasteiger partial charge in [-0.2, -0.15) is 0 Å². The summed E-state index contributed by atoms with van der Waals surface area (Å²) in [5.41, 5.74) is -1.66. The fourth-order valence-corrected chi connectivity index (χ4v) is 3.87. The smallest absolute Gasteiger partial charge is 0.352 e. The fourth-order valence-electron chi connectivity index (χ4n) is 2.60. The number of phenolic OH excluding ortho intramolecular Hbond substituents is 2. The summed E-state index contributed by atoms with van der Waals surface area (Å²) in [5.74, 6) is -3.19. The Labute approximate surface area is 140 Å². The zero-order valence-corrected chi connectivity index (χ0v) is 13.2. The molecule has 3 N–H and O–H groups in total. The van der Waals surface area contributed by atoms with Crippen LogP contribution in [0.15, 0.2) is 30.0 Å². The van der Waals surface area contributed by atoms with Crippen LogP contribution in [-0.2, 0) is 14.3 Å². The number of ether oxygens (including phenoxy) is 1. The number of carbonyl (C=O) groups excluding carboxylic acids is 2. The van der Waals surface area contributed by atoms with E-state index in [4.69, 9.17) is 9.84 Å². The Hall–Kier alpha value is -2.68. The molecule has 1 fully saturated rings. The summed E-state index contributed by atoms with van der Waals surface area (Å²) in [6, 6.07) is 3.40. The molecule has 2 heterocycles. The number of esters is 1. The lowest BCUT2D eigenvalue weighted by Crippen LogP contribution is -2.73. The Morgan fingerprint density at radius 1 is 1.33 bits per heavy atom. The van der Waals surface area contributed by atoms with Gasteiger partial charge in [-0.15, -0.1) is 11.8 Å². The number of hydrogen-bond donors (Lipinski definition) is 3. The van der Waals surface area contributed by atoms with Gasteiger partial charge in [0, 0.05) is 5.75 Å². The number of benzene rings is 1. The largest absolute Gasteiger partial charge is 0.504 e. The summed E-state index contributed by atoms with van der Waals surface area (Å²) in [7, 11) is 0. The van der Waals surface area contributed by atoms with Crippen LogP contribution < -0.4 is 0 Å². The van der Waals surface area contributed by atoms with Crippen molar-refractivity contribution in [1.82, 2.24) is 4.90 Å². The van der Waals surface area contributed by atoms with Crippen molar-refractivity contribution in [3.05, 3.63) is 35.5 Å². The van der Waals surface area contributed by atoms with Gasteiger partial charge in [-0.1, -0.05) is 0 Å². The molecule has 9 heteroatoms. The molecule has 0 spiro atoms. The topological polar surface area (TPSA) is 124 Å². The molecule has 1 aromatic carbocycles. The number of aromatic hydroxyl groups is 2. The number of hydrogen-bond acceptors (Lipinski definition) is 7. The van der Waals surface area contributed by atoms with Gasteiger partial charge in [-0.05, 0) is 31.2 Å². The second-order valence-electron chi connectivity index (χ2n) is 5.46. The van der Waals surface area contributed by atoms with E-state index >= 15 is 0 Å². The SMILES string of the molecule is CC1(OC(=O)c2ccc(O)c(O)c2)C(=O)N2C(C(=O)O)=CCS[C@H]21. The van der Waals surface area contributed by atoms with Crippen LogP contribution in [0.1, 0.15) is 17.3 Å². The molecule has 1 aromatic rings. The molecule has 0 bridgehead atoms. The molecule has 24 heavy (non-hydrogen) atoms. The summed E-state index contributed by atoms with van der Waals surface area (Å²) >= 11 is 1.29. The number of carbonyl (C=O) groups is 3. The maximum atomic E-state index is 12.4. The lowest BCUT2D eigenvalue weighted by molar-refractivity contribution is -0.175. The van der Waals surface area contributed by atoms with Gasteiger partial charge in [0.1, 0.15) is 11.1 Å². The molecule has 2 aliphatic heterocycles. The highest BCUT2D eigenvalue weighted by molar-refractivity contribution is 8.00. The molecule has 1 amide bonds. The average molecular weight is 351 g/mol. The highest BCUT2D eigenvalue weighted by atomic mass is 32.2. The molecule has 1 unspecified atom stereocenters. The highest BCUT2D eigenvalue weighted by Gasteiger charge is 2.64. The van der Waals surface area contributed by atoms with Gasteiger partial charge in [0.2, 0.25) is 5.60 Å². The number of phenols is 2. The molecule has 3 rings (SSSR count). The molecule has 0 saturated carbocycles. The van der Waals surface area contributed by atoms with Crippen LogP contribution in [0.25, 0.3) is 0 Å². The second-order valence-corrected chi connectivity index (χ2v) is 6.57. The van der Waals surface area contributed by atoms with E-state index in [2.05, 4.69) is 0 Å². The molecule has 2 aliphatic rings. The lowest BCUT2D eigenvalue weighted by atomic mass is 9.92. The first-order valence-corrected chi connectivity index (χ1v) is 7.94. The number of nitrogens with zero attached hydrogens (tertiary/aromatic N) is 1. The first kappa shape index (κ1) is 16.2. The van der Waals surface area contributed by atoms with Crippen LogP contribution in [0.2, 0.25) is 0 Å². The molecule has 126 valence electrons. The Balaban J connectivity index is 1.82. The normalized spacial score (nSPS) is 25.4. The minimum Gasteiger partial charge on any atom is -0.504 e. The Morgan fingerprint density at radius 3 is 2.67 bits per heavy atom. The van der Waals surface area contributed by atoms with Crippen LogP contribution in [0.4, 0.5) is 0 Å². The molecule has 2 atom stereocenters. The third kappa shape index (κ3) is 2.28. The van der Waals surface area contributed by atoms with Gasteiger partial charge in [0.05, 0.1) is 5.56 Å². The van der Waals surface area contributed by atoms with Crippen molar-refractivity contribution in [1.29, 1.82) is 0 Å². The summed E-state index contributed by atoms with van der Waals surface area (Å²) in [6.07, 6.45) is 1.43. The van der Waals surface area contributed by atoms with E-state index < -0.39 is 34.6 Å². The molecule has 0 radical (unpaired) electrons. The van der Waals surface area contributed by atoms with Gasteiger partial charge in [-0.3, -0.25) is 9.69 Å². The van der Waals surface area contributed by atoms with E-state index in [1.165, 1.54) is 30.8 Å². The number of carboxylic acids is 1. The van der Waals surface area contributed by atoms with Gasteiger partial charge in [0.15, 0.2) is 11.5 Å². The molecular weight excluding hydrogens is 338 g/mol. The zero-order chi connectivity index (χ0) is 17.6. The molecule has 0 aliphatic carbocycles. The standard InChI is InChI=1S/C15H13NO7S/c1-15(23-12(21)7-2-3-9(17)10(18)6-7)13(22)16-8(11(19)20)4-5-24-14(15)16/h2-4,6,14,17-18H,5H2,1H3,(H,19,20)/t14-,15?/m0/s1. The van der Waals surface area contributed by atoms with Crippen LogP contribution >= 0.6 is 11.8 Å². The predicted molar refractivity (Wildman–Crippen MR) is 82.4 cm³/mol. The van der Waals surface area contributed by atoms with Crippen LogP contribution in [0.5, 0.6) is 11.5 Å². The quantitative estimate of drug-likeness (QED) is 0.417. The molecule has 0 aromatic heterocycles. The van der Waals surface area contributed by atoms with E-state index in [1.54, 1.807) is 0 Å². The van der Waals surface area contributed by atoms with E-state index in [-0.39, 0.29) is 17.0 Å². The first-order valence-electron chi connectivity index (χ1n) is 6.89. The molecule has 8 nitrogen and oxygen atoms in total. The van der Waals surface area contributed by atoms with Crippen molar-refractivity contribution < 1.29 is 34.4 Å². The number of aliphatic carboxylic acids is 1.